The van der Waals surface area contributed by atoms with Crippen molar-refractivity contribution in [3.8, 4) is 0 Å². The number of hydrogen-bond acceptors (Lipinski definition) is 4. The van der Waals surface area contributed by atoms with Crippen molar-refractivity contribution in [2.45, 2.75) is 59.2 Å². The lowest BCUT2D eigenvalue weighted by molar-refractivity contribution is 0.0997. The van der Waals surface area contributed by atoms with E-state index in [-0.39, 0.29) is 11.6 Å². The van der Waals surface area contributed by atoms with Gasteiger partial charge in [0.2, 0.25) is 0 Å². The van der Waals surface area contributed by atoms with Crippen molar-refractivity contribution < 1.29 is 4.74 Å². The maximum Gasteiger partial charge on any atom is 0.122 e. The third kappa shape index (κ3) is 4.37. The Hall–Kier alpha value is -0.450. The average Bonchev–Trinajstić information content (AvgIpc) is 2.58. The fourth-order valence-corrected chi connectivity index (χ4v) is 2.71. The molecule has 4 heteroatoms. The van der Waals surface area contributed by atoms with E-state index >= 15 is 0 Å². The topological polar surface area (TPSA) is 34.1 Å². The summed E-state index contributed by atoms with van der Waals surface area (Å²) in [6.07, 6.45) is 1.11. The molecule has 0 spiro atoms. The molecule has 0 fully saturated rings. The molecule has 0 aliphatic heterocycles. The van der Waals surface area contributed by atoms with E-state index in [1.165, 1.54) is 4.88 Å². The third-order valence-corrected chi connectivity index (χ3v) is 3.87. The molecule has 0 bridgehead atoms. The molecule has 0 aliphatic carbocycles. The lowest BCUT2D eigenvalue weighted by Crippen LogP contribution is -2.34. The van der Waals surface area contributed by atoms with Crippen molar-refractivity contribution in [1.29, 1.82) is 0 Å². The summed E-state index contributed by atoms with van der Waals surface area (Å²) in [5.41, 5.74) is 1.26. The monoisotopic (exact) mass is 256 g/mol. The van der Waals surface area contributed by atoms with Crippen molar-refractivity contribution in [2.75, 3.05) is 7.11 Å². The summed E-state index contributed by atoms with van der Waals surface area (Å²) in [6, 6.07) is 0. The Kier molecular flexibility index (Phi) is 5.10. The number of thiazole rings is 1. The van der Waals surface area contributed by atoms with Gasteiger partial charge < -0.3 is 10.1 Å². The van der Waals surface area contributed by atoms with Crippen molar-refractivity contribution in [3.05, 3.63) is 15.6 Å². The minimum atomic E-state index is 0.141. The van der Waals surface area contributed by atoms with Crippen LogP contribution in [0.4, 0.5) is 0 Å². The van der Waals surface area contributed by atoms with Crippen LogP contribution in [0.2, 0.25) is 0 Å². The van der Waals surface area contributed by atoms with Gasteiger partial charge in [0.05, 0.1) is 5.69 Å². The first kappa shape index (κ1) is 14.6. The normalized spacial score (nSPS) is 14.0. The highest BCUT2D eigenvalue weighted by Gasteiger charge is 2.17. The standard InChI is InChI=1S/C13H24N2OS/c1-7-10(16-6)12-15-9(2)11(17-12)8-14-13(3,4)5/h10,14H,7-8H2,1-6H3. The van der Waals surface area contributed by atoms with E-state index in [9.17, 15) is 0 Å². The van der Waals surface area contributed by atoms with E-state index in [1.54, 1.807) is 18.4 Å². The zero-order valence-corrected chi connectivity index (χ0v) is 12.6. The molecule has 3 nitrogen and oxygen atoms in total. The number of nitrogens with zero attached hydrogens (tertiary/aromatic N) is 1. The Labute approximate surface area is 109 Å². The van der Waals surface area contributed by atoms with Crippen LogP contribution in [0.25, 0.3) is 0 Å². The van der Waals surface area contributed by atoms with Crippen LogP contribution in [-0.2, 0) is 11.3 Å². The van der Waals surface area contributed by atoms with Gasteiger partial charge >= 0.3 is 0 Å². The quantitative estimate of drug-likeness (QED) is 0.876. The Bertz CT molecular complexity index is 351. The van der Waals surface area contributed by atoms with Crippen LogP contribution in [0, 0.1) is 6.92 Å². The van der Waals surface area contributed by atoms with Gasteiger partial charge in [0.1, 0.15) is 11.1 Å². The number of ether oxygens (including phenoxy) is 1. The van der Waals surface area contributed by atoms with E-state index < -0.39 is 0 Å². The number of rotatable bonds is 5. The van der Waals surface area contributed by atoms with Gasteiger partial charge in [0, 0.05) is 24.1 Å². The fraction of sp³-hybridized carbons (Fsp3) is 0.769. The van der Waals surface area contributed by atoms with Crippen LogP contribution in [0.1, 0.15) is 55.8 Å². The highest BCUT2D eigenvalue weighted by molar-refractivity contribution is 7.11. The summed E-state index contributed by atoms with van der Waals surface area (Å²) >= 11 is 1.76. The molecule has 0 aliphatic rings. The minimum absolute atomic E-state index is 0.141. The Morgan fingerprint density at radius 2 is 2.06 bits per heavy atom. The van der Waals surface area contributed by atoms with Gasteiger partial charge in [-0.15, -0.1) is 11.3 Å². The molecule has 0 saturated carbocycles. The van der Waals surface area contributed by atoms with Gasteiger partial charge in [0.25, 0.3) is 0 Å². The lowest BCUT2D eigenvalue weighted by Gasteiger charge is -2.19. The molecule has 0 saturated heterocycles. The van der Waals surface area contributed by atoms with Crippen LogP contribution < -0.4 is 5.32 Å². The van der Waals surface area contributed by atoms with E-state index in [0.717, 1.165) is 23.7 Å². The van der Waals surface area contributed by atoms with Crippen LogP contribution >= 0.6 is 11.3 Å². The van der Waals surface area contributed by atoms with Crippen LogP contribution in [-0.4, -0.2) is 17.6 Å². The number of nitrogens with one attached hydrogen (secondary N) is 1. The summed E-state index contributed by atoms with van der Waals surface area (Å²) in [7, 11) is 1.75. The second-order valence-corrected chi connectivity index (χ2v) is 6.41. The molecule has 1 unspecified atom stereocenters. The van der Waals surface area contributed by atoms with E-state index in [0.29, 0.717) is 0 Å². The van der Waals surface area contributed by atoms with E-state index in [2.05, 4.69) is 44.9 Å². The molecule has 98 valence electrons. The van der Waals surface area contributed by atoms with Crippen LogP contribution in [0.5, 0.6) is 0 Å². The fourth-order valence-electron chi connectivity index (χ4n) is 1.54. The maximum absolute atomic E-state index is 5.43. The molecule has 1 N–H and O–H groups in total. The second kappa shape index (κ2) is 5.94. The first-order valence-electron chi connectivity index (χ1n) is 6.11. The Balaban J connectivity index is 2.74. The predicted octanol–water partition coefficient (Wildman–Crippen LogP) is 3.44. The van der Waals surface area contributed by atoms with Gasteiger partial charge in [-0.05, 0) is 34.1 Å². The predicted molar refractivity (Wildman–Crippen MR) is 73.5 cm³/mol. The van der Waals surface area contributed by atoms with E-state index in [4.69, 9.17) is 4.74 Å². The van der Waals surface area contributed by atoms with Gasteiger partial charge in [-0.2, -0.15) is 0 Å². The van der Waals surface area contributed by atoms with Crippen LogP contribution in [0.15, 0.2) is 0 Å². The number of aromatic nitrogens is 1. The number of hydrogen-bond donors (Lipinski definition) is 1. The van der Waals surface area contributed by atoms with Crippen molar-refractivity contribution in [1.82, 2.24) is 10.3 Å². The smallest absolute Gasteiger partial charge is 0.122 e. The molecular formula is C13H24N2OS. The largest absolute Gasteiger partial charge is 0.374 e. The zero-order chi connectivity index (χ0) is 13.1. The summed E-state index contributed by atoms with van der Waals surface area (Å²) in [5.74, 6) is 0. The molecule has 17 heavy (non-hydrogen) atoms. The van der Waals surface area contributed by atoms with Gasteiger partial charge in [-0.3, -0.25) is 0 Å². The van der Waals surface area contributed by atoms with Crippen LogP contribution in [0.3, 0.4) is 0 Å². The molecule has 1 aromatic rings. The highest BCUT2D eigenvalue weighted by Crippen LogP contribution is 2.27. The Morgan fingerprint density at radius 1 is 1.41 bits per heavy atom. The molecule has 1 atom stereocenters. The molecule has 1 aromatic heterocycles. The second-order valence-electron chi connectivity index (χ2n) is 5.30. The first-order valence-corrected chi connectivity index (χ1v) is 6.93. The van der Waals surface area contributed by atoms with Gasteiger partial charge in [0.15, 0.2) is 0 Å². The lowest BCUT2D eigenvalue weighted by atomic mass is 10.1. The van der Waals surface area contributed by atoms with Gasteiger partial charge in [-0.1, -0.05) is 6.92 Å². The van der Waals surface area contributed by atoms with E-state index in [1.807, 2.05) is 0 Å². The van der Waals surface area contributed by atoms with Crippen molar-refractivity contribution in [3.63, 3.8) is 0 Å². The molecule has 0 aromatic carbocycles. The summed E-state index contributed by atoms with van der Waals surface area (Å²) in [5, 5.41) is 4.59. The number of aryl methyl sites for hydroxylation is 1. The summed E-state index contributed by atoms with van der Waals surface area (Å²) < 4.78 is 5.43. The molecule has 0 amide bonds. The molecule has 0 radical (unpaired) electrons. The van der Waals surface area contributed by atoms with Crippen molar-refractivity contribution >= 4 is 11.3 Å². The maximum atomic E-state index is 5.43. The van der Waals surface area contributed by atoms with Crippen molar-refractivity contribution in [2.24, 2.45) is 0 Å². The van der Waals surface area contributed by atoms with Gasteiger partial charge in [-0.25, -0.2) is 4.98 Å². The molecule has 1 rings (SSSR count). The highest BCUT2D eigenvalue weighted by atomic mass is 32.1. The molecular weight excluding hydrogens is 232 g/mol. The molecule has 1 heterocycles. The Morgan fingerprint density at radius 3 is 2.53 bits per heavy atom. The SMILES string of the molecule is CCC(OC)c1nc(C)c(CNC(C)(C)C)s1. The third-order valence-electron chi connectivity index (χ3n) is 2.62. The summed E-state index contributed by atoms with van der Waals surface area (Å²) in [4.78, 5) is 5.92. The zero-order valence-electron chi connectivity index (χ0n) is 11.8. The summed E-state index contributed by atoms with van der Waals surface area (Å²) in [6.45, 7) is 11.6. The number of methoxy groups -OCH3 is 1. The average molecular weight is 256 g/mol. The first-order chi connectivity index (χ1) is 7.87. The minimum Gasteiger partial charge on any atom is -0.374 e.